The van der Waals surface area contributed by atoms with Crippen LogP contribution in [0, 0.1) is 0 Å². The van der Waals surface area contributed by atoms with Gasteiger partial charge in [-0.15, -0.1) is 0 Å². The second-order valence-corrected chi connectivity index (χ2v) is 7.33. The molecule has 0 saturated carbocycles. The minimum Gasteiger partial charge on any atom is -0.497 e. The van der Waals surface area contributed by atoms with Crippen molar-refractivity contribution < 1.29 is 9.47 Å². The van der Waals surface area contributed by atoms with Crippen LogP contribution in [0.3, 0.4) is 0 Å². The number of benzene rings is 3. The first-order chi connectivity index (χ1) is 12.6. The SMILES string of the molecule is COc1cccc(OCC2=NC(C)(C)Cc3c2ccc2ccccc32)c1. The summed E-state index contributed by atoms with van der Waals surface area (Å²) in [5, 5.41) is 2.59. The summed E-state index contributed by atoms with van der Waals surface area (Å²) >= 11 is 0. The lowest BCUT2D eigenvalue weighted by molar-refractivity contribution is 0.365. The van der Waals surface area contributed by atoms with Crippen LogP contribution in [-0.2, 0) is 6.42 Å². The summed E-state index contributed by atoms with van der Waals surface area (Å²) in [6.45, 7) is 4.81. The quantitative estimate of drug-likeness (QED) is 0.662. The molecule has 1 aliphatic heterocycles. The van der Waals surface area contributed by atoms with E-state index in [2.05, 4.69) is 50.2 Å². The minimum absolute atomic E-state index is 0.135. The second kappa shape index (κ2) is 6.49. The van der Waals surface area contributed by atoms with Crippen LogP contribution < -0.4 is 9.47 Å². The van der Waals surface area contributed by atoms with Gasteiger partial charge in [0, 0.05) is 11.6 Å². The molecule has 1 heterocycles. The lowest BCUT2D eigenvalue weighted by Gasteiger charge is -2.30. The zero-order valence-corrected chi connectivity index (χ0v) is 15.5. The van der Waals surface area contributed by atoms with Gasteiger partial charge in [0.25, 0.3) is 0 Å². The number of ether oxygens (including phenoxy) is 2. The third kappa shape index (κ3) is 3.17. The van der Waals surface area contributed by atoms with Crippen molar-refractivity contribution in [1.82, 2.24) is 0 Å². The van der Waals surface area contributed by atoms with E-state index in [4.69, 9.17) is 14.5 Å². The molecule has 1 aliphatic rings. The lowest BCUT2D eigenvalue weighted by Crippen LogP contribution is -2.31. The highest BCUT2D eigenvalue weighted by molar-refractivity contribution is 6.07. The molecule has 0 aliphatic carbocycles. The molecule has 0 radical (unpaired) electrons. The van der Waals surface area contributed by atoms with Gasteiger partial charge in [0.05, 0.1) is 18.4 Å². The van der Waals surface area contributed by atoms with E-state index in [1.165, 1.54) is 21.9 Å². The molecule has 0 unspecified atom stereocenters. The van der Waals surface area contributed by atoms with Crippen molar-refractivity contribution in [3.8, 4) is 11.5 Å². The standard InChI is InChI=1S/C23H23NO2/c1-23(2)14-21-19-10-5-4-7-16(19)11-12-20(21)22(24-23)15-26-18-9-6-8-17(13-18)25-3/h4-13H,14-15H2,1-3H3. The van der Waals surface area contributed by atoms with E-state index in [9.17, 15) is 0 Å². The fourth-order valence-corrected chi connectivity index (χ4v) is 3.65. The summed E-state index contributed by atoms with van der Waals surface area (Å²) in [6.07, 6.45) is 0.937. The number of nitrogens with zero attached hydrogens (tertiary/aromatic N) is 1. The first kappa shape index (κ1) is 16.6. The van der Waals surface area contributed by atoms with Crippen molar-refractivity contribution in [2.75, 3.05) is 13.7 Å². The Bertz CT molecular complexity index is 988. The molecule has 0 saturated heterocycles. The van der Waals surface area contributed by atoms with Gasteiger partial charge in [0.15, 0.2) is 0 Å². The molecule has 0 atom stereocenters. The van der Waals surface area contributed by atoms with E-state index in [-0.39, 0.29) is 5.54 Å². The zero-order chi connectivity index (χ0) is 18.1. The molecule has 0 N–H and O–H groups in total. The average Bonchev–Trinajstić information content (AvgIpc) is 2.65. The molecule has 26 heavy (non-hydrogen) atoms. The summed E-state index contributed by atoms with van der Waals surface area (Å²) in [6, 6.07) is 20.6. The molecule has 0 amide bonds. The number of methoxy groups -OCH3 is 1. The van der Waals surface area contributed by atoms with Crippen LogP contribution in [0.4, 0.5) is 0 Å². The van der Waals surface area contributed by atoms with Crippen molar-refractivity contribution in [3.63, 3.8) is 0 Å². The number of rotatable bonds is 4. The Balaban J connectivity index is 1.69. The molecule has 0 aromatic heterocycles. The fourth-order valence-electron chi connectivity index (χ4n) is 3.65. The molecule has 3 aromatic rings. The zero-order valence-electron chi connectivity index (χ0n) is 15.5. The van der Waals surface area contributed by atoms with Crippen LogP contribution in [0.25, 0.3) is 10.8 Å². The van der Waals surface area contributed by atoms with E-state index in [0.717, 1.165) is 23.6 Å². The Morgan fingerprint density at radius 1 is 0.962 bits per heavy atom. The molecule has 132 valence electrons. The molecule has 3 aromatic carbocycles. The number of aliphatic imine (C=N–C) groups is 1. The van der Waals surface area contributed by atoms with E-state index < -0.39 is 0 Å². The Labute approximate surface area is 154 Å². The van der Waals surface area contributed by atoms with E-state index in [1.807, 2.05) is 24.3 Å². The summed E-state index contributed by atoms with van der Waals surface area (Å²) in [5.41, 5.74) is 3.44. The maximum absolute atomic E-state index is 6.04. The van der Waals surface area contributed by atoms with Gasteiger partial charge in [0.1, 0.15) is 18.1 Å². The Morgan fingerprint density at radius 2 is 1.77 bits per heavy atom. The molecule has 0 spiro atoms. The first-order valence-corrected chi connectivity index (χ1v) is 8.92. The van der Waals surface area contributed by atoms with Gasteiger partial charge in [-0.05, 0) is 48.7 Å². The Hall–Kier alpha value is -2.81. The maximum Gasteiger partial charge on any atom is 0.130 e. The van der Waals surface area contributed by atoms with Crippen LogP contribution in [0.15, 0.2) is 65.7 Å². The third-order valence-electron chi connectivity index (χ3n) is 4.82. The van der Waals surface area contributed by atoms with Crippen LogP contribution >= 0.6 is 0 Å². The molecule has 3 heteroatoms. The van der Waals surface area contributed by atoms with Crippen LogP contribution in [0.2, 0.25) is 0 Å². The molecular weight excluding hydrogens is 322 g/mol. The topological polar surface area (TPSA) is 30.8 Å². The van der Waals surface area contributed by atoms with E-state index >= 15 is 0 Å². The monoisotopic (exact) mass is 345 g/mol. The van der Waals surface area contributed by atoms with Gasteiger partial charge in [-0.1, -0.05) is 42.5 Å². The molecule has 4 rings (SSSR count). The van der Waals surface area contributed by atoms with Gasteiger partial charge in [-0.2, -0.15) is 0 Å². The largest absolute Gasteiger partial charge is 0.497 e. The molecule has 0 fully saturated rings. The Morgan fingerprint density at radius 3 is 2.62 bits per heavy atom. The van der Waals surface area contributed by atoms with Crippen molar-refractivity contribution >= 4 is 16.5 Å². The van der Waals surface area contributed by atoms with Gasteiger partial charge in [-0.3, -0.25) is 4.99 Å². The normalized spacial score (nSPS) is 15.3. The van der Waals surface area contributed by atoms with E-state index in [1.54, 1.807) is 7.11 Å². The Kier molecular flexibility index (Phi) is 4.15. The van der Waals surface area contributed by atoms with Gasteiger partial charge in [0.2, 0.25) is 0 Å². The van der Waals surface area contributed by atoms with E-state index in [0.29, 0.717) is 6.61 Å². The predicted molar refractivity (Wildman–Crippen MR) is 107 cm³/mol. The smallest absolute Gasteiger partial charge is 0.130 e. The lowest BCUT2D eigenvalue weighted by atomic mass is 9.84. The van der Waals surface area contributed by atoms with Gasteiger partial charge >= 0.3 is 0 Å². The minimum atomic E-state index is -0.135. The third-order valence-corrected chi connectivity index (χ3v) is 4.82. The number of fused-ring (bicyclic) bond motifs is 3. The summed E-state index contributed by atoms with van der Waals surface area (Å²) in [5.74, 6) is 1.58. The van der Waals surface area contributed by atoms with Crippen LogP contribution in [0.5, 0.6) is 11.5 Å². The maximum atomic E-state index is 6.04. The summed E-state index contributed by atoms with van der Waals surface area (Å²) in [7, 11) is 1.66. The second-order valence-electron chi connectivity index (χ2n) is 7.33. The van der Waals surface area contributed by atoms with Crippen molar-refractivity contribution in [3.05, 3.63) is 71.8 Å². The van der Waals surface area contributed by atoms with Crippen molar-refractivity contribution in [2.24, 2.45) is 4.99 Å². The highest BCUT2D eigenvalue weighted by atomic mass is 16.5. The molecular formula is C23H23NO2. The number of hydrogen-bond donors (Lipinski definition) is 0. The van der Waals surface area contributed by atoms with Crippen LogP contribution in [0.1, 0.15) is 25.0 Å². The first-order valence-electron chi connectivity index (χ1n) is 8.92. The predicted octanol–water partition coefficient (Wildman–Crippen LogP) is 5.05. The number of hydrogen-bond acceptors (Lipinski definition) is 3. The van der Waals surface area contributed by atoms with Gasteiger partial charge in [-0.25, -0.2) is 0 Å². The van der Waals surface area contributed by atoms with Crippen LogP contribution in [-0.4, -0.2) is 25.0 Å². The highest BCUT2D eigenvalue weighted by Gasteiger charge is 2.28. The highest BCUT2D eigenvalue weighted by Crippen LogP contribution is 2.32. The van der Waals surface area contributed by atoms with Crippen molar-refractivity contribution in [2.45, 2.75) is 25.8 Å². The molecule has 3 nitrogen and oxygen atoms in total. The summed E-state index contributed by atoms with van der Waals surface area (Å²) < 4.78 is 11.3. The molecule has 0 bridgehead atoms. The summed E-state index contributed by atoms with van der Waals surface area (Å²) in [4.78, 5) is 4.98. The van der Waals surface area contributed by atoms with Gasteiger partial charge < -0.3 is 9.47 Å². The average molecular weight is 345 g/mol. The fraction of sp³-hybridized carbons (Fsp3) is 0.261. The van der Waals surface area contributed by atoms with Crippen molar-refractivity contribution in [1.29, 1.82) is 0 Å².